The minimum Gasteiger partial charge on any atom is -0.460 e. The van der Waals surface area contributed by atoms with Gasteiger partial charge in [-0.1, -0.05) is 37.3 Å². The lowest BCUT2D eigenvalue weighted by atomic mass is 9.70. The number of carbonyl (C=O) groups excluding carboxylic acids is 1. The Morgan fingerprint density at radius 2 is 2.00 bits per heavy atom. The van der Waals surface area contributed by atoms with E-state index in [0.29, 0.717) is 0 Å². The summed E-state index contributed by atoms with van der Waals surface area (Å²) in [5.41, 5.74) is 0.688. The molecule has 0 saturated carbocycles. The van der Waals surface area contributed by atoms with Crippen molar-refractivity contribution >= 4 is 5.97 Å². The van der Waals surface area contributed by atoms with Crippen LogP contribution >= 0.6 is 0 Å². The average molecular weight is 190 g/mol. The van der Waals surface area contributed by atoms with Gasteiger partial charge in [0.2, 0.25) is 0 Å². The number of rotatable bonds is 2. The zero-order valence-corrected chi connectivity index (χ0v) is 8.49. The van der Waals surface area contributed by atoms with Gasteiger partial charge in [0.05, 0.1) is 0 Å². The summed E-state index contributed by atoms with van der Waals surface area (Å²) in [6, 6.07) is 9.89. The maximum absolute atomic E-state index is 11.6. The van der Waals surface area contributed by atoms with Gasteiger partial charge in [0.1, 0.15) is 11.5 Å². The molecule has 0 N–H and O–H groups in total. The minimum absolute atomic E-state index is 0.00222. The van der Waals surface area contributed by atoms with Crippen molar-refractivity contribution in [3.05, 3.63) is 35.9 Å². The molecule has 74 valence electrons. The normalized spacial score (nSPS) is 30.7. The maximum Gasteiger partial charge on any atom is 0.320 e. The lowest BCUT2D eigenvalue weighted by molar-refractivity contribution is -0.189. The molecule has 1 aromatic carbocycles. The fraction of sp³-hybridized carbons (Fsp3) is 0.417. The molecule has 1 fully saturated rings. The van der Waals surface area contributed by atoms with Crippen LogP contribution in [-0.4, -0.2) is 12.1 Å². The third-order valence-corrected chi connectivity index (χ3v) is 3.19. The van der Waals surface area contributed by atoms with Crippen LogP contribution in [0, 0.1) is 0 Å². The summed E-state index contributed by atoms with van der Waals surface area (Å²) in [6.07, 6.45) is 0.805. The first-order valence-corrected chi connectivity index (χ1v) is 4.98. The van der Waals surface area contributed by atoms with E-state index in [1.54, 1.807) is 0 Å². The van der Waals surface area contributed by atoms with Crippen molar-refractivity contribution in [1.82, 2.24) is 0 Å². The van der Waals surface area contributed by atoms with Crippen molar-refractivity contribution in [2.24, 2.45) is 0 Å². The quantitative estimate of drug-likeness (QED) is 0.669. The van der Waals surface area contributed by atoms with Gasteiger partial charge in [-0.3, -0.25) is 4.79 Å². The lowest BCUT2D eigenvalue weighted by Crippen LogP contribution is -2.58. The summed E-state index contributed by atoms with van der Waals surface area (Å²) in [6.45, 7) is 3.99. The van der Waals surface area contributed by atoms with E-state index >= 15 is 0 Å². The summed E-state index contributed by atoms with van der Waals surface area (Å²) in [4.78, 5) is 11.6. The molecule has 0 amide bonds. The zero-order valence-electron chi connectivity index (χ0n) is 8.49. The first kappa shape index (κ1) is 9.25. The number of hydrogen-bond acceptors (Lipinski definition) is 2. The summed E-state index contributed by atoms with van der Waals surface area (Å²) >= 11 is 0. The van der Waals surface area contributed by atoms with Crippen LogP contribution in [0.5, 0.6) is 0 Å². The van der Waals surface area contributed by atoms with Gasteiger partial charge in [0.25, 0.3) is 0 Å². The van der Waals surface area contributed by atoms with Gasteiger partial charge in [-0.15, -0.1) is 0 Å². The number of esters is 1. The molecule has 1 aromatic rings. The van der Waals surface area contributed by atoms with Crippen molar-refractivity contribution < 1.29 is 9.53 Å². The van der Waals surface area contributed by atoms with Gasteiger partial charge in [-0.05, 0) is 18.9 Å². The van der Waals surface area contributed by atoms with Gasteiger partial charge in [0, 0.05) is 0 Å². The molecule has 0 bridgehead atoms. The van der Waals surface area contributed by atoms with E-state index < -0.39 is 0 Å². The molecule has 0 aliphatic carbocycles. The van der Waals surface area contributed by atoms with Crippen LogP contribution in [0.1, 0.15) is 25.8 Å². The van der Waals surface area contributed by atoms with Crippen molar-refractivity contribution in [3.8, 4) is 0 Å². The van der Waals surface area contributed by atoms with E-state index in [2.05, 4.69) is 0 Å². The molecule has 2 nitrogen and oxygen atoms in total. The highest BCUT2D eigenvalue weighted by Gasteiger charge is 2.55. The number of ether oxygens (including phenoxy) is 1. The molecule has 0 aromatic heterocycles. The van der Waals surface area contributed by atoms with Crippen molar-refractivity contribution in [3.63, 3.8) is 0 Å². The monoisotopic (exact) mass is 190 g/mol. The highest BCUT2D eigenvalue weighted by Crippen LogP contribution is 2.42. The average Bonchev–Trinajstić information content (AvgIpc) is 2.21. The first-order chi connectivity index (χ1) is 6.71. The SMILES string of the molecule is CCC1(c2ccccc2)C(=O)OC1C. The molecule has 14 heavy (non-hydrogen) atoms. The molecule has 2 rings (SSSR count). The van der Waals surface area contributed by atoms with Crippen LogP contribution in [0.4, 0.5) is 0 Å². The smallest absolute Gasteiger partial charge is 0.320 e. The fourth-order valence-corrected chi connectivity index (χ4v) is 2.20. The van der Waals surface area contributed by atoms with E-state index in [4.69, 9.17) is 4.74 Å². The van der Waals surface area contributed by atoms with E-state index in [-0.39, 0.29) is 17.5 Å². The maximum atomic E-state index is 11.6. The number of carbonyl (C=O) groups is 1. The third-order valence-electron chi connectivity index (χ3n) is 3.19. The summed E-state index contributed by atoms with van der Waals surface area (Å²) < 4.78 is 5.06. The van der Waals surface area contributed by atoms with Crippen LogP contribution in [0.25, 0.3) is 0 Å². The zero-order chi connectivity index (χ0) is 10.2. The number of hydrogen-bond donors (Lipinski definition) is 0. The van der Waals surface area contributed by atoms with Gasteiger partial charge in [-0.2, -0.15) is 0 Å². The molecule has 2 unspecified atom stereocenters. The second-order valence-corrected chi connectivity index (χ2v) is 3.74. The largest absolute Gasteiger partial charge is 0.460 e. The van der Waals surface area contributed by atoms with E-state index in [1.807, 2.05) is 44.2 Å². The molecule has 1 aliphatic heterocycles. The predicted molar refractivity (Wildman–Crippen MR) is 54.0 cm³/mol. The number of benzene rings is 1. The molecule has 2 heteroatoms. The molecule has 0 radical (unpaired) electrons. The van der Waals surface area contributed by atoms with Crippen LogP contribution in [0.15, 0.2) is 30.3 Å². The Hall–Kier alpha value is -1.31. The number of cyclic esters (lactones) is 1. The van der Waals surface area contributed by atoms with E-state index in [0.717, 1.165) is 12.0 Å². The predicted octanol–water partition coefficient (Wildman–Crippen LogP) is 2.28. The van der Waals surface area contributed by atoms with Crippen LogP contribution in [-0.2, 0) is 14.9 Å². The van der Waals surface area contributed by atoms with Gasteiger partial charge in [-0.25, -0.2) is 0 Å². The van der Waals surface area contributed by atoms with Crippen LogP contribution < -0.4 is 0 Å². The van der Waals surface area contributed by atoms with Crippen molar-refractivity contribution in [2.45, 2.75) is 31.8 Å². The highest BCUT2D eigenvalue weighted by atomic mass is 16.6. The van der Waals surface area contributed by atoms with Crippen LogP contribution in [0.2, 0.25) is 0 Å². The summed E-state index contributed by atoms with van der Waals surface area (Å²) in [7, 11) is 0. The Morgan fingerprint density at radius 1 is 1.36 bits per heavy atom. The van der Waals surface area contributed by atoms with Gasteiger partial charge >= 0.3 is 5.97 Å². The molecular formula is C12H14O2. The highest BCUT2D eigenvalue weighted by molar-refractivity contribution is 5.89. The summed E-state index contributed by atoms with van der Waals surface area (Å²) in [5.74, 6) is -0.0845. The van der Waals surface area contributed by atoms with Crippen molar-refractivity contribution in [2.75, 3.05) is 0 Å². The molecule has 1 saturated heterocycles. The molecule has 2 atom stereocenters. The minimum atomic E-state index is -0.388. The topological polar surface area (TPSA) is 26.3 Å². The Labute approximate surface area is 83.9 Å². The third kappa shape index (κ3) is 0.999. The second kappa shape index (κ2) is 3.12. The fourth-order valence-electron chi connectivity index (χ4n) is 2.20. The first-order valence-electron chi connectivity index (χ1n) is 4.98. The standard InChI is InChI=1S/C12H14O2/c1-3-12(9(2)14-11(12)13)10-7-5-4-6-8-10/h4-9H,3H2,1-2H3. The van der Waals surface area contributed by atoms with E-state index in [1.165, 1.54) is 0 Å². The summed E-state index contributed by atoms with van der Waals surface area (Å²) in [5, 5.41) is 0. The van der Waals surface area contributed by atoms with Crippen LogP contribution in [0.3, 0.4) is 0 Å². The van der Waals surface area contributed by atoms with Gasteiger partial charge < -0.3 is 4.74 Å². The molecule has 1 aliphatic rings. The molecular weight excluding hydrogens is 176 g/mol. The molecule has 1 heterocycles. The second-order valence-electron chi connectivity index (χ2n) is 3.74. The Bertz CT molecular complexity index is 345. The van der Waals surface area contributed by atoms with E-state index in [9.17, 15) is 4.79 Å². The van der Waals surface area contributed by atoms with Crippen molar-refractivity contribution in [1.29, 1.82) is 0 Å². The Morgan fingerprint density at radius 3 is 2.43 bits per heavy atom. The molecule has 0 spiro atoms. The Kier molecular flexibility index (Phi) is 2.06. The van der Waals surface area contributed by atoms with Gasteiger partial charge in [0.15, 0.2) is 0 Å². The Balaban J connectivity index is 2.44. The lowest BCUT2D eigenvalue weighted by Gasteiger charge is -2.45.